The highest BCUT2D eigenvalue weighted by molar-refractivity contribution is 5.18. The van der Waals surface area contributed by atoms with E-state index in [4.69, 9.17) is 0 Å². The predicted molar refractivity (Wildman–Crippen MR) is 70.4 cm³/mol. The average Bonchev–Trinajstić information content (AvgIpc) is 2.20. The number of hydrogen-bond donors (Lipinski definition) is 1. The molecular formula is C15H26O. The SMILES string of the molecule is CC(C)=CC[C@@]1([C@@H](C)O)CCC(C)=C(C)C1. The fourth-order valence-electron chi connectivity index (χ4n) is 2.53. The summed E-state index contributed by atoms with van der Waals surface area (Å²) in [5.74, 6) is 0. The number of rotatable bonds is 3. The van der Waals surface area contributed by atoms with Crippen molar-refractivity contribution >= 4 is 0 Å². The van der Waals surface area contributed by atoms with Crippen molar-refractivity contribution in [3.8, 4) is 0 Å². The summed E-state index contributed by atoms with van der Waals surface area (Å²) < 4.78 is 0. The molecule has 16 heavy (non-hydrogen) atoms. The van der Waals surface area contributed by atoms with Crippen LogP contribution in [-0.4, -0.2) is 11.2 Å². The lowest BCUT2D eigenvalue weighted by molar-refractivity contribution is 0.0289. The topological polar surface area (TPSA) is 20.2 Å². The highest BCUT2D eigenvalue weighted by Gasteiger charge is 2.36. The predicted octanol–water partition coefficient (Wildman–Crippen LogP) is 4.23. The Morgan fingerprint density at radius 1 is 1.38 bits per heavy atom. The number of allylic oxidation sites excluding steroid dienone is 4. The molecule has 0 saturated heterocycles. The summed E-state index contributed by atoms with van der Waals surface area (Å²) in [6.07, 6.45) is 6.40. The van der Waals surface area contributed by atoms with Crippen LogP contribution in [-0.2, 0) is 0 Å². The summed E-state index contributed by atoms with van der Waals surface area (Å²) in [6, 6.07) is 0. The third-order valence-corrected chi connectivity index (χ3v) is 4.15. The van der Waals surface area contributed by atoms with Gasteiger partial charge in [0, 0.05) is 5.41 Å². The van der Waals surface area contributed by atoms with E-state index < -0.39 is 0 Å². The van der Waals surface area contributed by atoms with Crippen LogP contribution in [0, 0.1) is 5.41 Å². The first kappa shape index (κ1) is 13.5. The number of aliphatic hydroxyl groups is 1. The maximum Gasteiger partial charge on any atom is 0.0574 e. The molecule has 0 spiro atoms. The Balaban J connectivity index is 2.88. The van der Waals surface area contributed by atoms with E-state index in [1.807, 2.05) is 6.92 Å². The van der Waals surface area contributed by atoms with Crippen molar-refractivity contribution in [1.82, 2.24) is 0 Å². The molecule has 0 aromatic rings. The van der Waals surface area contributed by atoms with E-state index >= 15 is 0 Å². The van der Waals surface area contributed by atoms with Gasteiger partial charge in [-0.1, -0.05) is 22.8 Å². The Kier molecular flexibility index (Phi) is 4.37. The zero-order valence-electron chi connectivity index (χ0n) is 11.4. The molecular weight excluding hydrogens is 196 g/mol. The molecule has 92 valence electrons. The minimum absolute atomic E-state index is 0.0842. The zero-order valence-corrected chi connectivity index (χ0v) is 11.4. The molecule has 0 radical (unpaired) electrons. The van der Waals surface area contributed by atoms with Gasteiger partial charge in [-0.2, -0.15) is 0 Å². The summed E-state index contributed by atoms with van der Waals surface area (Å²) in [6.45, 7) is 10.7. The van der Waals surface area contributed by atoms with Crippen molar-refractivity contribution in [2.45, 2.75) is 66.4 Å². The molecule has 0 aromatic carbocycles. The Morgan fingerprint density at radius 3 is 2.44 bits per heavy atom. The molecule has 0 bridgehead atoms. The van der Waals surface area contributed by atoms with Gasteiger partial charge in [0.15, 0.2) is 0 Å². The fraction of sp³-hybridized carbons (Fsp3) is 0.733. The summed E-state index contributed by atoms with van der Waals surface area (Å²) >= 11 is 0. The Morgan fingerprint density at radius 2 is 2.00 bits per heavy atom. The van der Waals surface area contributed by atoms with Crippen molar-refractivity contribution < 1.29 is 5.11 Å². The summed E-state index contributed by atoms with van der Waals surface area (Å²) in [4.78, 5) is 0. The first-order valence-electron chi connectivity index (χ1n) is 6.34. The third kappa shape index (κ3) is 2.98. The standard InChI is InChI=1S/C15H26O/c1-11(2)6-8-15(14(5)16)9-7-12(3)13(4)10-15/h6,14,16H,7-10H2,1-5H3/t14-,15-/m1/s1. The molecule has 1 aliphatic carbocycles. The molecule has 0 fully saturated rings. The van der Waals surface area contributed by atoms with Gasteiger partial charge in [-0.3, -0.25) is 0 Å². The van der Waals surface area contributed by atoms with E-state index in [0.29, 0.717) is 0 Å². The quantitative estimate of drug-likeness (QED) is 0.708. The first-order chi connectivity index (χ1) is 7.37. The Bertz CT molecular complexity index is 305. The van der Waals surface area contributed by atoms with E-state index in [1.54, 1.807) is 0 Å². The maximum absolute atomic E-state index is 10.1. The van der Waals surface area contributed by atoms with Crippen LogP contribution in [0.1, 0.15) is 60.3 Å². The molecule has 0 amide bonds. The molecule has 0 saturated carbocycles. The van der Waals surface area contributed by atoms with Gasteiger partial charge < -0.3 is 5.11 Å². The molecule has 0 unspecified atom stereocenters. The van der Waals surface area contributed by atoms with Crippen molar-refractivity contribution in [3.05, 3.63) is 22.8 Å². The molecule has 1 N–H and O–H groups in total. The summed E-state index contributed by atoms with van der Waals surface area (Å²) in [7, 11) is 0. The van der Waals surface area contributed by atoms with Crippen LogP contribution in [0.5, 0.6) is 0 Å². The Labute approximate surface area is 100 Å². The van der Waals surface area contributed by atoms with Gasteiger partial charge in [-0.15, -0.1) is 0 Å². The lowest BCUT2D eigenvalue weighted by Gasteiger charge is -2.40. The monoisotopic (exact) mass is 222 g/mol. The van der Waals surface area contributed by atoms with Crippen LogP contribution >= 0.6 is 0 Å². The van der Waals surface area contributed by atoms with E-state index in [2.05, 4.69) is 33.8 Å². The molecule has 1 aliphatic rings. The highest BCUT2D eigenvalue weighted by atomic mass is 16.3. The molecule has 0 aliphatic heterocycles. The van der Waals surface area contributed by atoms with Gasteiger partial charge >= 0.3 is 0 Å². The second-order valence-electron chi connectivity index (χ2n) is 5.76. The van der Waals surface area contributed by atoms with E-state index in [1.165, 1.54) is 16.7 Å². The lowest BCUT2D eigenvalue weighted by Crippen LogP contribution is -2.35. The van der Waals surface area contributed by atoms with Gasteiger partial charge in [0.05, 0.1) is 6.10 Å². The zero-order chi connectivity index (χ0) is 12.3. The van der Waals surface area contributed by atoms with E-state index in [0.717, 1.165) is 25.7 Å². The number of aliphatic hydroxyl groups excluding tert-OH is 1. The minimum atomic E-state index is -0.217. The molecule has 1 rings (SSSR count). The normalized spacial score (nSPS) is 27.9. The number of hydrogen-bond acceptors (Lipinski definition) is 1. The maximum atomic E-state index is 10.1. The van der Waals surface area contributed by atoms with Crippen LogP contribution in [0.4, 0.5) is 0 Å². The van der Waals surface area contributed by atoms with Crippen molar-refractivity contribution in [1.29, 1.82) is 0 Å². The van der Waals surface area contributed by atoms with Crippen molar-refractivity contribution in [2.75, 3.05) is 0 Å². The van der Waals surface area contributed by atoms with E-state index in [-0.39, 0.29) is 11.5 Å². The molecule has 0 aromatic heterocycles. The van der Waals surface area contributed by atoms with Gasteiger partial charge in [-0.05, 0) is 60.3 Å². The van der Waals surface area contributed by atoms with Crippen LogP contribution in [0.15, 0.2) is 22.8 Å². The lowest BCUT2D eigenvalue weighted by atomic mass is 9.67. The molecule has 2 atom stereocenters. The third-order valence-electron chi connectivity index (χ3n) is 4.15. The highest BCUT2D eigenvalue weighted by Crippen LogP contribution is 2.44. The van der Waals surface area contributed by atoms with Gasteiger partial charge in [0.25, 0.3) is 0 Å². The van der Waals surface area contributed by atoms with Crippen LogP contribution in [0.3, 0.4) is 0 Å². The van der Waals surface area contributed by atoms with Gasteiger partial charge in [0.2, 0.25) is 0 Å². The van der Waals surface area contributed by atoms with E-state index in [9.17, 15) is 5.11 Å². The smallest absolute Gasteiger partial charge is 0.0574 e. The first-order valence-corrected chi connectivity index (χ1v) is 6.34. The van der Waals surface area contributed by atoms with Gasteiger partial charge in [0.1, 0.15) is 0 Å². The minimum Gasteiger partial charge on any atom is -0.393 e. The Hall–Kier alpha value is -0.560. The summed E-state index contributed by atoms with van der Waals surface area (Å²) in [5, 5.41) is 10.1. The van der Waals surface area contributed by atoms with Gasteiger partial charge in [-0.25, -0.2) is 0 Å². The van der Waals surface area contributed by atoms with Crippen molar-refractivity contribution in [3.63, 3.8) is 0 Å². The fourth-order valence-corrected chi connectivity index (χ4v) is 2.53. The largest absolute Gasteiger partial charge is 0.393 e. The van der Waals surface area contributed by atoms with Crippen LogP contribution in [0.25, 0.3) is 0 Å². The second-order valence-corrected chi connectivity index (χ2v) is 5.76. The molecule has 1 nitrogen and oxygen atoms in total. The van der Waals surface area contributed by atoms with Crippen LogP contribution in [0.2, 0.25) is 0 Å². The molecule has 0 heterocycles. The average molecular weight is 222 g/mol. The summed E-state index contributed by atoms with van der Waals surface area (Å²) in [5.41, 5.74) is 4.44. The second kappa shape index (κ2) is 5.18. The van der Waals surface area contributed by atoms with Crippen molar-refractivity contribution in [2.24, 2.45) is 5.41 Å². The van der Waals surface area contributed by atoms with Crippen LogP contribution < -0.4 is 0 Å². The molecule has 1 heteroatoms.